The van der Waals surface area contributed by atoms with Gasteiger partial charge < -0.3 is 10.6 Å². The highest BCUT2D eigenvalue weighted by Crippen LogP contribution is 1.95. The normalized spacial score (nSPS) is 10.7. The molecular weight excluding hydrogens is 228 g/mol. The molecule has 1 aromatic heterocycles. The predicted octanol–water partition coefficient (Wildman–Crippen LogP) is 1.18. The molecule has 5 nitrogen and oxygen atoms in total. The maximum absolute atomic E-state index is 11.5. The molecule has 5 heteroatoms. The van der Waals surface area contributed by atoms with Crippen molar-refractivity contribution >= 4 is 5.91 Å². The van der Waals surface area contributed by atoms with Crippen LogP contribution in [0.5, 0.6) is 0 Å². The summed E-state index contributed by atoms with van der Waals surface area (Å²) in [6, 6.07) is 0.468. The number of carbonyl (C=O) groups excluding carboxylic acids is 1. The third kappa shape index (κ3) is 6.30. The number of aryl methyl sites for hydroxylation is 1. The standard InChI is InChI=1S/C13H22N4O/c1-10(2)14-6-4-5-13(18)17-9-12-8-15-11(3)7-16-12/h7-8,10,14H,4-6,9H2,1-3H3,(H,17,18). The Bertz CT molecular complexity index is 362. The Balaban J connectivity index is 2.15. The van der Waals surface area contributed by atoms with Crippen LogP contribution in [-0.4, -0.2) is 28.5 Å². The number of aromatic nitrogens is 2. The van der Waals surface area contributed by atoms with Crippen LogP contribution in [0.3, 0.4) is 0 Å². The maximum atomic E-state index is 11.5. The summed E-state index contributed by atoms with van der Waals surface area (Å²) < 4.78 is 0. The van der Waals surface area contributed by atoms with Crippen LogP contribution in [0.1, 0.15) is 38.1 Å². The van der Waals surface area contributed by atoms with Crippen LogP contribution in [0, 0.1) is 6.92 Å². The Hall–Kier alpha value is -1.49. The lowest BCUT2D eigenvalue weighted by atomic mass is 10.2. The molecule has 0 atom stereocenters. The molecule has 0 spiro atoms. The predicted molar refractivity (Wildman–Crippen MR) is 71.0 cm³/mol. The molecule has 0 saturated heterocycles. The molecule has 100 valence electrons. The molecule has 2 N–H and O–H groups in total. The highest BCUT2D eigenvalue weighted by atomic mass is 16.1. The number of rotatable bonds is 7. The molecule has 0 radical (unpaired) electrons. The summed E-state index contributed by atoms with van der Waals surface area (Å²) >= 11 is 0. The zero-order chi connectivity index (χ0) is 13.4. The minimum absolute atomic E-state index is 0.0583. The van der Waals surface area contributed by atoms with Gasteiger partial charge in [-0.1, -0.05) is 13.8 Å². The highest BCUT2D eigenvalue weighted by molar-refractivity contribution is 5.75. The molecule has 0 bridgehead atoms. The van der Waals surface area contributed by atoms with Crippen LogP contribution in [0.25, 0.3) is 0 Å². The first-order valence-electron chi connectivity index (χ1n) is 6.35. The molecule has 1 amide bonds. The molecule has 0 fully saturated rings. The molecule has 0 saturated carbocycles. The van der Waals surface area contributed by atoms with Gasteiger partial charge in [0, 0.05) is 18.7 Å². The van der Waals surface area contributed by atoms with E-state index in [4.69, 9.17) is 0 Å². The lowest BCUT2D eigenvalue weighted by Gasteiger charge is -2.08. The Morgan fingerprint density at radius 3 is 2.72 bits per heavy atom. The van der Waals surface area contributed by atoms with Gasteiger partial charge >= 0.3 is 0 Å². The third-order valence-electron chi connectivity index (χ3n) is 2.43. The zero-order valence-electron chi connectivity index (χ0n) is 11.4. The summed E-state index contributed by atoms with van der Waals surface area (Å²) in [6.45, 7) is 7.39. The van der Waals surface area contributed by atoms with Gasteiger partial charge in [-0.05, 0) is 19.9 Å². The first-order chi connectivity index (χ1) is 8.58. The maximum Gasteiger partial charge on any atom is 0.220 e. The van der Waals surface area contributed by atoms with E-state index in [1.807, 2.05) is 6.92 Å². The summed E-state index contributed by atoms with van der Waals surface area (Å²) in [5, 5.41) is 6.12. The van der Waals surface area contributed by atoms with Crippen molar-refractivity contribution < 1.29 is 4.79 Å². The van der Waals surface area contributed by atoms with E-state index in [1.165, 1.54) is 0 Å². The van der Waals surface area contributed by atoms with Crippen molar-refractivity contribution in [3.8, 4) is 0 Å². The van der Waals surface area contributed by atoms with Gasteiger partial charge in [0.05, 0.1) is 24.1 Å². The number of carbonyl (C=O) groups is 1. The van der Waals surface area contributed by atoms with Crippen LogP contribution in [0.2, 0.25) is 0 Å². The lowest BCUT2D eigenvalue weighted by molar-refractivity contribution is -0.121. The average Bonchev–Trinajstić information content (AvgIpc) is 2.34. The van der Waals surface area contributed by atoms with Gasteiger partial charge in [-0.3, -0.25) is 14.8 Å². The first-order valence-corrected chi connectivity index (χ1v) is 6.35. The van der Waals surface area contributed by atoms with Crippen molar-refractivity contribution in [3.05, 3.63) is 23.8 Å². The van der Waals surface area contributed by atoms with Gasteiger partial charge in [-0.2, -0.15) is 0 Å². The SMILES string of the molecule is Cc1cnc(CNC(=O)CCCNC(C)C)cn1. The average molecular weight is 250 g/mol. The fourth-order valence-electron chi connectivity index (χ4n) is 1.43. The highest BCUT2D eigenvalue weighted by Gasteiger charge is 2.02. The van der Waals surface area contributed by atoms with Crippen molar-refractivity contribution in [3.63, 3.8) is 0 Å². The second-order valence-corrected chi connectivity index (χ2v) is 4.64. The van der Waals surface area contributed by atoms with Crippen LogP contribution >= 0.6 is 0 Å². The fourth-order valence-corrected chi connectivity index (χ4v) is 1.43. The topological polar surface area (TPSA) is 66.9 Å². The Morgan fingerprint density at radius 1 is 1.33 bits per heavy atom. The fraction of sp³-hybridized carbons (Fsp3) is 0.615. The van der Waals surface area contributed by atoms with Gasteiger partial charge in [0.2, 0.25) is 5.91 Å². The molecule has 0 aromatic carbocycles. The third-order valence-corrected chi connectivity index (χ3v) is 2.43. The monoisotopic (exact) mass is 250 g/mol. The minimum Gasteiger partial charge on any atom is -0.350 e. The second-order valence-electron chi connectivity index (χ2n) is 4.64. The Kier molecular flexibility index (Phi) is 6.28. The molecule has 1 aromatic rings. The van der Waals surface area contributed by atoms with Crippen LogP contribution in [0.15, 0.2) is 12.4 Å². The summed E-state index contributed by atoms with van der Waals surface area (Å²) in [7, 11) is 0. The number of amides is 1. The van der Waals surface area contributed by atoms with Crippen molar-refractivity contribution in [1.82, 2.24) is 20.6 Å². The van der Waals surface area contributed by atoms with E-state index in [9.17, 15) is 4.79 Å². The summed E-state index contributed by atoms with van der Waals surface area (Å²) in [5.41, 5.74) is 1.67. The second kappa shape index (κ2) is 7.76. The quantitative estimate of drug-likeness (QED) is 0.713. The van der Waals surface area contributed by atoms with Gasteiger partial charge in [-0.15, -0.1) is 0 Å². The zero-order valence-corrected chi connectivity index (χ0v) is 11.4. The van der Waals surface area contributed by atoms with Crippen molar-refractivity contribution in [2.24, 2.45) is 0 Å². The number of hydrogen-bond acceptors (Lipinski definition) is 4. The van der Waals surface area contributed by atoms with Gasteiger partial charge in [0.1, 0.15) is 0 Å². The molecule has 0 aliphatic carbocycles. The Morgan fingerprint density at radius 2 is 2.11 bits per heavy atom. The van der Waals surface area contributed by atoms with Gasteiger partial charge in [0.15, 0.2) is 0 Å². The Labute approximate surface area is 108 Å². The summed E-state index contributed by atoms with van der Waals surface area (Å²) in [4.78, 5) is 19.8. The van der Waals surface area contributed by atoms with Crippen molar-refractivity contribution in [2.45, 2.75) is 46.2 Å². The van der Waals surface area contributed by atoms with E-state index in [0.29, 0.717) is 19.0 Å². The van der Waals surface area contributed by atoms with E-state index in [0.717, 1.165) is 24.4 Å². The first kappa shape index (κ1) is 14.6. The van der Waals surface area contributed by atoms with Gasteiger partial charge in [0.25, 0.3) is 0 Å². The van der Waals surface area contributed by atoms with Crippen molar-refractivity contribution in [2.75, 3.05) is 6.54 Å². The van der Waals surface area contributed by atoms with E-state index in [-0.39, 0.29) is 5.91 Å². The summed E-state index contributed by atoms with van der Waals surface area (Å²) in [5.74, 6) is 0.0583. The van der Waals surface area contributed by atoms with E-state index >= 15 is 0 Å². The molecule has 0 aliphatic rings. The largest absolute Gasteiger partial charge is 0.350 e. The molecule has 1 heterocycles. The van der Waals surface area contributed by atoms with Crippen molar-refractivity contribution in [1.29, 1.82) is 0 Å². The van der Waals surface area contributed by atoms with Crippen LogP contribution < -0.4 is 10.6 Å². The summed E-state index contributed by atoms with van der Waals surface area (Å²) in [6.07, 6.45) is 4.78. The van der Waals surface area contributed by atoms with Gasteiger partial charge in [-0.25, -0.2) is 0 Å². The molecule has 18 heavy (non-hydrogen) atoms. The molecule has 0 unspecified atom stereocenters. The van der Waals surface area contributed by atoms with E-state index < -0.39 is 0 Å². The lowest BCUT2D eigenvalue weighted by Crippen LogP contribution is -2.27. The number of nitrogens with one attached hydrogen (secondary N) is 2. The smallest absolute Gasteiger partial charge is 0.220 e. The minimum atomic E-state index is 0.0583. The van der Waals surface area contributed by atoms with E-state index in [2.05, 4.69) is 34.4 Å². The molecule has 1 rings (SSSR count). The molecule has 0 aliphatic heterocycles. The van der Waals surface area contributed by atoms with Crippen LogP contribution in [-0.2, 0) is 11.3 Å². The van der Waals surface area contributed by atoms with Crippen LogP contribution in [0.4, 0.5) is 0 Å². The number of hydrogen-bond donors (Lipinski definition) is 2. The number of nitrogens with zero attached hydrogens (tertiary/aromatic N) is 2. The van der Waals surface area contributed by atoms with E-state index in [1.54, 1.807) is 12.4 Å². The molecular formula is C13H22N4O.